The molecule has 0 bridgehead atoms. The summed E-state index contributed by atoms with van der Waals surface area (Å²) in [5.74, 6) is 0. The van der Waals surface area contributed by atoms with Crippen LogP contribution in [-0.4, -0.2) is 0 Å². The Labute approximate surface area is 307 Å². The smallest absolute Gasteiger partial charge is 0.0555 e. The summed E-state index contributed by atoms with van der Waals surface area (Å²) in [4.78, 5) is 2.47. The third kappa shape index (κ3) is 5.33. The van der Waals surface area contributed by atoms with Crippen molar-refractivity contribution >= 4 is 70.1 Å². The highest BCUT2D eigenvalue weighted by Gasteiger charge is 2.21. The highest BCUT2D eigenvalue weighted by atomic mass is 32.1. The molecular weight excluding hydrogens is 647 g/mol. The molecule has 0 N–H and O–H groups in total. The molecule has 52 heavy (non-hydrogen) atoms. The molecule has 0 aliphatic rings. The van der Waals surface area contributed by atoms with E-state index < -0.39 is 0 Å². The van der Waals surface area contributed by atoms with Gasteiger partial charge in [-0.25, -0.2) is 0 Å². The van der Waals surface area contributed by atoms with Gasteiger partial charge in [-0.2, -0.15) is 0 Å². The lowest BCUT2D eigenvalue weighted by Crippen LogP contribution is -2.11. The van der Waals surface area contributed by atoms with E-state index in [0.717, 1.165) is 11.4 Å². The van der Waals surface area contributed by atoms with E-state index in [1.165, 1.54) is 80.8 Å². The maximum atomic E-state index is 2.47. The average molecular weight is 680 g/mol. The van der Waals surface area contributed by atoms with Gasteiger partial charge >= 0.3 is 0 Å². The third-order valence-corrected chi connectivity index (χ3v) is 11.3. The Morgan fingerprint density at radius 2 is 0.885 bits per heavy atom. The van der Waals surface area contributed by atoms with Crippen LogP contribution in [0, 0.1) is 0 Å². The van der Waals surface area contributed by atoms with Crippen molar-refractivity contribution in [3.63, 3.8) is 0 Å². The lowest BCUT2D eigenvalue weighted by Gasteiger charge is -2.29. The van der Waals surface area contributed by atoms with E-state index in [9.17, 15) is 0 Å². The number of benzene rings is 9. The number of nitrogens with zero attached hydrogens (tertiary/aromatic N) is 1. The average Bonchev–Trinajstić information content (AvgIpc) is 3.61. The van der Waals surface area contributed by atoms with Gasteiger partial charge in [-0.3, -0.25) is 0 Å². The summed E-state index contributed by atoms with van der Waals surface area (Å²) >= 11 is 1.86. The zero-order chi connectivity index (χ0) is 34.4. The molecule has 0 unspecified atom stereocenters. The zero-order valence-electron chi connectivity index (χ0n) is 28.4. The Bertz CT molecular complexity index is 2910. The highest BCUT2D eigenvalue weighted by Crippen LogP contribution is 2.47. The van der Waals surface area contributed by atoms with Gasteiger partial charge in [-0.1, -0.05) is 146 Å². The predicted octanol–water partition coefficient (Wildman–Crippen LogP) is 14.8. The summed E-state index contributed by atoms with van der Waals surface area (Å²) in [5.41, 5.74) is 10.7. The lowest BCUT2D eigenvalue weighted by atomic mass is 9.96. The Morgan fingerprint density at radius 3 is 1.65 bits per heavy atom. The van der Waals surface area contributed by atoms with Gasteiger partial charge in [0, 0.05) is 31.4 Å². The van der Waals surface area contributed by atoms with Crippen LogP contribution in [0.2, 0.25) is 0 Å². The Balaban J connectivity index is 1.13. The van der Waals surface area contributed by atoms with Gasteiger partial charge < -0.3 is 4.90 Å². The standard InChI is InChI=1S/C50H33NS/c1-3-12-34(13-4-1)37-24-25-39-31-40(27-26-38(39)30-37)41-23-22-35-28-29-43(33-42(35)32-41)51(46-18-9-7-16-44(46)36-14-5-2-6-15-36)47-19-11-21-49-50(47)45-17-8-10-20-48(45)52-49/h1-33H. The molecule has 0 saturated heterocycles. The minimum atomic E-state index is 1.13. The molecule has 9 aromatic carbocycles. The molecule has 244 valence electrons. The number of thiophene rings is 1. The first-order valence-electron chi connectivity index (χ1n) is 17.8. The molecule has 2 heteroatoms. The van der Waals surface area contributed by atoms with E-state index >= 15 is 0 Å². The molecule has 0 aliphatic heterocycles. The summed E-state index contributed by atoms with van der Waals surface area (Å²) < 4.78 is 2.59. The molecule has 0 amide bonds. The molecule has 10 aromatic rings. The molecule has 0 radical (unpaired) electrons. The normalized spacial score (nSPS) is 11.5. The van der Waals surface area contributed by atoms with Crippen LogP contribution in [0.3, 0.4) is 0 Å². The Hall–Kier alpha value is -6.48. The molecular formula is C50H33NS. The van der Waals surface area contributed by atoms with Crippen LogP contribution in [0.15, 0.2) is 200 Å². The van der Waals surface area contributed by atoms with Gasteiger partial charge in [-0.15, -0.1) is 11.3 Å². The SMILES string of the molecule is c1ccc(-c2ccc3cc(-c4ccc5ccc(N(c6ccccc6-c6ccccc6)c6cccc7sc8ccccc8c67)cc5c4)ccc3c2)cc1. The Kier molecular flexibility index (Phi) is 7.41. The van der Waals surface area contributed by atoms with Crippen molar-refractivity contribution in [2.45, 2.75) is 0 Å². The summed E-state index contributed by atoms with van der Waals surface area (Å²) in [7, 11) is 0. The number of hydrogen-bond donors (Lipinski definition) is 0. The van der Waals surface area contributed by atoms with Crippen LogP contribution in [0.25, 0.3) is 75.1 Å². The van der Waals surface area contributed by atoms with Crippen LogP contribution < -0.4 is 4.90 Å². The number of para-hydroxylation sites is 1. The van der Waals surface area contributed by atoms with Crippen LogP contribution >= 0.6 is 11.3 Å². The van der Waals surface area contributed by atoms with Crippen LogP contribution in [0.4, 0.5) is 17.1 Å². The summed E-state index contributed by atoms with van der Waals surface area (Å²) in [6.45, 7) is 0. The molecule has 1 heterocycles. The van der Waals surface area contributed by atoms with Gasteiger partial charge in [-0.05, 0) is 104 Å². The minimum absolute atomic E-state index is 1.13. The van der Waals surface area contributed by atoms with E-state index in [1.54, 1.807) is 0 Å². The fourth-order valence-electron chi connectivity index (χ4n) is 7.67. The summed E-state index contributed by atoms with van der Waals surface area (Å²) in [5, 5.41) is 7.49. The van der Waals surface area contributed by atoms with E-state index in [2.05, 4.69) is 205 Å². The van der Waals surface area contributed by atoms with Gasteiger partial charge in [0.25, 0.3) is 0 Å². The van der Waals surface area contributed by atoms with E-state index in [1.807, 2.05) is 11.3 Å². The van der Waals surface area contributed by atoms with Gasteiger partial charge in [0.15, 0.2) is 0 Å². The number of hydrogen-bond acceptors (Lipinski definition) is 2. The largest absolute Gasteiger partial charge is 0.309 e. The van der Waals surface area contributed by atoms with E-state index in [0.29, 0.717) is 0 Å². The quantitative estimate of drug-likeness (QED) is 0.169. The van der Waals surface area contributed by atoms with Crippen molar-refractivity contribution in [2.24, 2.45) is 0 Å². The molecule has 0 saturated carbocycles. The van der Waals surface area contributed by atoms with E-state index in [-0.39, 0.29) is 0 Å². The van der Waals surface area contributed by atoms with Crippen LogP contribution in [0.1, 0.15) is 0 Å². The first kappa shape index (κ1) is 30.4. The van der Waals surface area contributed by atoms with E-state index in [4.69, 9.17) is 0 Å². The Morgan fingerprint density at radius 1 is 0.327 bits per heavy atom. The summed E-state index contributed by atoms with van der Waals surface area (Å²) in [6.07, 6.45) is 0. The van der Waals surface area contributed by atoms with Gasteiger partial charge in [0.2, 0.25) is 0 Å². The minimum Gasteiger partial charge on any atom is -0.309 e. The third-order valence-electron chi connectivity index (χ3n) is 10.2. The fourth-order valence-corrected chi connectivity index (χ4v) is 8.80. The fraction of sp³-hybridized carbons (Fsp3) is 0. The lowest BCUT2D eigenvalue weighted by molar-refractivity contribution is 1.31. The van der Waals surface area contributed by atoms with Crippen LogP contribution in [0.5, 0.6) is 0 Å². The van der Waals surface area contributed by atoms with Crippen molar-refractivity contribution in [2.75, 3.05) is 4.90 Å². The number of fused-ring (bicyclic) bond motifs is 5. The summed E-state index contributed by atoms with van der Waals surface area (Å²) in [6, 6.07) is 73.0. The molecule has 1 aromatic heterocycles. The maximum Gasteiger partial charge on any atom is 0.0555 e. The van der Waals surface area contributed by atoms with Crippen molar-refractivity contribution in [3.05, 3.63) is 200 Å². The topological polar surface area (TPSA) is 3.24 Å². The number of rotatable bonds is 6. The van der Waals surface area contributed by atoms with Crippen molar-refractivity contribution in [1.82, 2.24) is 0 Å². The van der Waals surface area contributed by atoms with Gasteiger partial charge in [0.1, 0.15) is 0 Å². The van der Waals surface area contributed by atoms with Crippen molar-refractivity contribution in [3.8, 4) is 33.4 Å². The molecule has 0 fully saturated rings. The first-order chi connectivity index (χ1) is 25.8. The van der Waals surface area contributed by atoms with Crippen molar-refractivity contribution in [1.29, 1.82) is 0 Å². The maximum absolute atomic E-state index is 2.47. The number of anilines is 3. The first-order valence-corrected chi connectivity index (χ1v) is 18.6. The monoisotopic (exact) mass is 679 g/mol. The molecule has 1 nitrogen and oxygen atoms in total. The predicted molar refractivity (Wildman–Crippen MR) is 225 cm³/mol. The zero-order valence-corrected chi connectivity index (χ0v) is 29.2. The second-order valence-electron chi connectivity index (χ2n) is 13.4. The molecule has 0 aliphatic carbocycles. The highest BCUT2D eigenvalue weighted by molar-refractivity contribution is 7.26. The van der Waals surface area contributed by atoms with Crippen molar-refractivity contribution < 1.29 is 0 Å². The molecule has 0 atom stereocenters. The van der Waals surface area contributed by atoms with Crippen LogP contribution in [-0.2, 0) is 0 Å². The second-order valence-corrected chi connectivity index (χ2v) is 14.4. The second kappa shape index (κ2) is 12.7. The molecule has 0 spiro atoms. The molecule has 10 rings (SSSR count). The van der Waals surface area contributed by atoms with Gasteiger partial charge in [0.05, 0.1) is 11.4 Å².